The number of nitrogens with zero attached hydrogens (tertiary/aromatic N) is 2. The molecular weight excluding hydrogens is 464 g/mol. The summed E-state index contributed by atoms with van der Waals surface area (Å²) in [7, 11) is 0. The minimum Gasteiger partial charge on any atom is -0.351 e. The Balaban J connectivity index is 1.49. The van der Waals surface area contributed by atoms with Gasteiger partial charge in [-0.15, -0.1) is 0 Å². The number of rotatable bonds is 7. The van der Waals surface area contributed by atoms with E-state index in [1.54, 1.807) is 23.2 Å². The standard InChI is InChI=1S/C30H38N4O3/c1-19(2)16-25-28(35)33-26(22-17-20-10-6-7-11-21(20)18-22)30(37)34(25)27(24-14-8-9-15-31-24)29(36)32-23-12-4-3-5-13-23/h6-11,14-15,19,22-23,25-27H,3-5,12-13,16-18H2,1-2H3,(H,32,36)(H,33,35). The van der Waals surface area contributed by atoms with E-state index in [0.717, 1.165) is 38.5 Å². The third kappa shape index (κ3) is 5.41. The van der Waals surface area contributed by atoms with Crippen LogP contribution in [0.25, 0.3) is 0 Å². The van der Waals surface area contributed by atoms with Crippen LogP contribution in [0.5, 0.6) is 0 Å². The van der Waals surface area contributed by atoms with E-state index in [-0.39, 0.29) is 35.6 Å². The summed E-state index contributed by atoms with van der Waals surface area (Å²) in [4.78, 5) is 47.9. The van der Waals surface area contributed by atoms with Crippen molar-refractivity contribution in [1.82, 2.24) is 20.5 Å². The molecule has 1 aromatic heterocycles. The van der Waals surface area contributed by atoms with Crippen LogP contribution in [0.4, 0.5) is 0 Å². The fourth-order valence-electron chi connectivity index (χ4n) is 6.34. The quantitative estimate of drug-likeness (QED) is 0.604. The fraction of sp³-hybridized carbons (Fsp3) is 0.533. The van der Waals surface area contributed by atoms with Gasteiger partial charge >= 0.3 is 0 Å². The monoisotopic (exact) mass is 502 g/mol. The van der Waals surface area contributed by atoms with Gasteiger partial charge in [0.15, 0.2) is 6.04 Å². The lowest BCUT2D eigenvalue weighted by molar-refractivity contribution is -0.158. The van der Waals surface area contributed by atoms with E-state index >= 15 is 0 Å². The smallest absolute Gasteiger partial charge is 0.249 e. The van der Waals surface area contributed by atoms with E-state index in [9.17, 15) is 14.4 Å². The van der Waals surface area contributed by atoms with Gasteiger partial charge in [0.25, 0.3) is 0 Å². The van der Waals surface area contributed by atoms with Crippen LogP contribution in [-0.4, -0.2) is 45.7 Å². The summed E-state index contributed by atoms with van der Waals surface area (Å²) in [5.74, 6) is -0.472. The van der Waals surface area contributed by atoms with Crippen molar-refractivity contribution in [2.45, 2.75) is 89.4 Å². The van der Waals surface area contributed by atoms with Crippen LogP contribution in [0.2, 0.25) is 0 Å². The highest BCUT2D eigenvalue weighted by atomic mass is 16.2. The molecule has 3 unspecified atom stereocenters. The molecule has 37 heavy (non-hydrogen) atoms. The van der Waals surface area contributed by atoms with E-state index in [1.165, 1.54) is 17.5 Å². The molecule has 2 fully saturated rings. The summed E-state index contributed by atoms with van der Waals surface area (Å²) in [6.07, 6.45) is 8.83. The second kappa shape index (κ2) is 11.0. The number of hydrogen-bond donors (Lipinski definition) is 2. The van der Waals surface area contributed by atoms with Gasteiger partial charge in [-0.2, -0.15) is 0 Å². The van der Waals surface area contributed by atoms with E-state index in [2.05, 4.69) is 27.8 Å². The van der Waals surface area contributed by atoms with Crippen molar-refractivity contribution >= 4 is 17.7 Å². The molecule has 0 radical (unpaired) electrons. The summed E-state index contributed by atoms with van der Waals surface area (Å²) < 4.78 is 0. The van der Waals surface area contributed by atoms with Crippen molar-refractivity contribution in [1.29, 1.82) is 0 Å². The Morgan fingerprint density at radius 2 is 1.70 bits per heavy atom. The van der Waals surface area contributed by atoms with Crippen molar-refractivity contribution in [2.75, 3.05) is 0 Å². The maximum Gasteiger partial charge on any atom is 0.249 e. The molecule has 5 rings (SSSR count). The Kier molecular flexibility index (Phi) is 7.58. The first-order valence-corrected chi connectivity index (χ1v) is 13.8. The molecule has 2 aliphatic carbocycles. The molecule has 2 aromatic rings. The van der Waals surface area contributed by atoms with Crippen molar-refractivity contribution in [3.05, 3.63) is 65.5 Å². The number of amides is 3. The highest BCUT2D eigenvalue weighted by molar-refractivity contribution is 6.00. The highest BCUT2D eigenvalue weighted by Gasteiger charge is 2.50. The van der Waals surface area contributed by atoms with Gasteiger partial charge in [-0.05, 0) is 67.2 Å². The molecule has 1 saturated carbocycles. The molecular formula is C30H38N4O3. The zero-order chi connectivity index (χ0) is 25.9. The Hall–Kier alpha value is -3.22. The van der Waals surface area contributed by atoms with Crippen LogP contribution in [0.3, 0.4) is 0 Å². The number of piperazine rings is 1. The van der Waals surface area contributed by atoms with Crippen LogP contribution in [0.15, 0.2) is 48.7 Å². The Morgan fingerprint density at radius 1 is 1.03 bits per heavy atom. The number of aromatic nitrogens is 1. The second-order valence-corrected chi connectivity index (χ2v) is 11.3. The van der Waals surface area contributed by atoms with Crippen molar-refractivity contribution < 1.29 is 14.4 Å². The summed E-state index contributed by atoms with van der Waals surface area (Å²) in [6.45, 7) is 4.07. The van der Waals surface area contributed by atoms with E-state index in [4.69, 9.17) is 0 Å². The van der Waals surface area contributed by atoms with Gasteiger partial charge in [-0.25, -0.2) is 0 Å². The topological polar surface area (TPSA) is 91.4 Å². The zero-order valence-corrected chi connectivity index (χ0v) is 21.9. The van der Waals surface area contributed by atoms with Crippen molar-refractivity contribution in [3.8, 4) is 0 Å². The molecule has 196 valence electrons. The lowest BCUT2D eigenvalue weighted by Gasteiger charge is -2.44. The summed E-state index contributed by atoms with van der Waals surface area (Å²) in [5.41, 5.74) is 2.95. The third-order valence-electron chi connectivity index (χ3n) is 8.15. The number of carbonyl (C=O) groups is 3. The minimum absolute atomic E-state index is 0.0397. The largest absolute Gasteiger partial charge is 0.351 e. The highest BCUT2D eigenvalue weighted by Crippen LogP contribution is 2.35. The van der Waals surface area contributed by atoms with Crippen LogP contribution in [0, 0.1) is 11.8 Å². The molecule has 3 amide bonds. The normalized spacial score (nSPS) is 23.6. The zero-order valence-electron chi connectivity index (χ0n) is 21.9. The van der Waals surface area contributed by atoms with E-state index < -0.39 is 18.1 Å². The third-order valence-corrected chi connectivity index (χ3v) is 8.15. The Bertz CT molecular complexity index is 1100. The fourth-order valence-corrected chi connectivity index (χ4v) is 6.34. The maximum absolute atomic E-state index is 14.3. The maximum atomic E-state index is 14.3. The number of hydrogen-bond acceptors (Lipinski definition) is 4. The molecule has 3 aliphatic rings. The molecule has 0 bridgehead atoms. The van der Waals surface area contributed by atoms with E-state index in [1.807, 2.05) is 32.0 Å². The summed E-state index contributed by atoms with van der Waals surface area (Å²) >= 11 is 0. The SMILES string of the molecule is CC(C)CC1C(=O)NC(C2Cc3ccccc3C2)C(=O)N1C(C(=O)NC1CCCCC1)c1ccccn1. The van der Waals surface area contributed by atoms with Gasteiger partial charge in [0.2, 0.25) is 17.7 Å². The lowest BCUT2D eigenvalue weighted by atomic mass is 9.88. The average molecular weight is 503 g/mol. The van der Waals surface area contributed by atoms with Crippen LogP contribution in [-0.2, 0) is 27.2 Å². The lowest BCUT2D eigenvalue weighted by Crippen LogP contribution is -2.67. The molecule has 7 heteroatoms. The molecule has 7 nitrogen and oxygen atoms in total. The summed E-state index contributed by atoms with van der Waals surface area (Å²) in [5, 5.41) is 6.29. The predicted molar refractivity (Wildman–Crippen MR) is 141 cm³/mol. The van der Waals surface area contributed by atoms with Crippen LogP contribution >= 0.6 is 0 Å². The number of pyridine rings is 1. The molecule has 3 atom stereocenters. The molecule has 1 saturated heterocycles. The first-order valence-electron chi connectivity index (χ1n) is 13.8. The second-order valence-electron chi connectivity index (χ2n) is 11.3. The Morgan fingerprint density at radius 3 is 2.32 bits per heavy atom. The van der Waals surface area contributed by atoms with Gasteiger partial charge in [0, 0.05) is 12.2 Å². The number of carbonyl (C=O) groups excluding carboxylic acids is 3. The van der Waals surface area contributed by atoms with Crippen molar-refractivity contribution in [3.63, 3.8) is 0 Å². The number of fused-ring (bicyclic) bond motifs is 1. The van der Waals surface area contributed by atoms with Crippen LogP contribution in [0.1, 0.15) is 75.2 Å². The molecule has 2 heterocycles. The summed E-state index contributed by atoms with van der Waals surface area (Å²) in [6, 6.07) is 11.4. The minimum atomic E-state index is -0.947. The number of benzene rings is 1. The Labute approximate surface area is 219 Å². The van der Waals surface area contributed by atoms with Gasteiger partial charge in [0.05, 0.1) is 5.69 Å². The van der Waals surface area contributed by atoms with Crippen LogP contribution < -0.4 is 10.6 Å². The molecule has 1 aromatic carbocycles. The molecule has 2 N–H and O–H groups in total. The van der Waals surface area contributed by atoms with Gasteiger partial charge in [-0.1, -0.05) is 63.4 Å². The van der Waals surface area contributed by atoms with Gasteiger partial charge in [-0.3, -0.25) is 19.4 Å². The van der Waals surface area contributed by atoms with Gasteiger partial charge < -0.3 is 15.5 Å². The number of nitrogens with one attached hydrogen (secondary N) is 2. The van der Waals surface area contributed by atoms with E-state index in [0.29, 0.717) is 12.1 Å². The first kappa shape index (κ1) is 25.4. The van der Waals surface area contributed by atoms with Gasteiger partial charge in [0.1, 0.15) is 12.1 Å². The van der Waals surface area contributed by atoms with Crippen molar-refractivity contribution in [2.24, 2.45) is 11.8 Å². The molecule has 1 aliphatic heterocycles. The predicted octanol–water partition coefficient (Wildman–Crippen LogP) is 3.73. The molecule has 0 spiro atoms. The first-order chi connectivity index (χ1) is 17.9. The average Bonchev–Trinajstić information content (AvgIpc) is 3.33.